The van der Waals surface area contributed by atoms with Crippen LogP contribution >= 0.6 is 0 Å². The number of anilines is 2. The molecule has 0 unspecified atom stereocenters. The minimum absolute atomic E-state index is 0.0454. The zero-order valence-electron chi connectivity index (χ0n) is 12.3. The summed E-state index contributed by atoms with van der Waals surface area (Å²) in [5, 5.41) is 3.27. The van der Waals surface area contributed by atoms with Crippen molar-refractivity contribution in [2.24, 2.45) is 0 Å². The molecule has 1 aliphatic heterocycles. The van der Waals surface area contributed by atoms with E-state index in [4.69, 9.17) is 5.73 Å². The van der Waals surface area contributed by atoms with Crippen molar-refractivity contribution in [3.8, 4) is 0 Å². The Morgan fingerprint density at radius 2 is 1.90 bits per heavy atom. The maximum absolute atomic E-state index is 12.2. The molecule has 1 saturated heterocycles. The first-order valence-corrected chi connectivity index (χ1v) is 8.69. The first-order chi connectivity index (χ1) is 9.78. The lowest BCUT2D eigenvalue weighted by Crippen LogP contribution is -2.33. The molecule has 0 atom stereocenters. The summed E-state index contributed by atoms with van der Waals surface area (Å²) in [5.41, 5.74) is 7.57. The average molecular weight is 311 g/mol. The Hall–Kier alpha value is -1.76. The van der Waals surface area contributed by atoms with Crippen molar-refractivity contribution in [2.75, 3.05) is 36.7 Å². The highest BCUT2D eigenvalue weighted by molar-refractivity contribution is 7.91. The van der Waals surface area contributed by atoms with Gasteiger partial charge >= 0.3 is 0 Å². The van der Waals surface area contributed by atoms with Crippen LogP contribution in [0.25, 0.3) is 0 Å². The van der Waals surface area contributed by atoms with E-state index in [1.54, 1.807) is 32.3 Å². The molecular weight excluding hydrogens is 290 g/mol. The third kappa shape index (κ3) is 3.87. The molecule has 1 aromatic rings. The Labute approximate surface area is 125 Å². The Balaban J connectivity index is 2.19. The number of benzene rings is 1. The molecule has 3 N–H and O–H groups in total. The second-order valence-electron chi connectivity index (χ2n) is 5.58. The van der Waals surface area contributed by atoms with Gasteiger partial charge in [0.25, 0.3) is 5.91 Å². The van der Waals surface area contributed by atoms with Crippen molar-refractivity contribution < 1.29 is 13.2 Å². The second kappa shape index (κ2) is 5.93. The minimum Gasteiger partial charge on any atom is -0.399 e. The number of hydrogen-bond donors (Lipinski definition) is 2. The van der Waals surface area contributed by atoms with Crippen LogP contribution in [-0.4, -0.2) is 50.9 Å². The van der Waals surface area contributed by atoms with Gasteiger partial charge in [0, 0.05) is 31.5 Å². The van der Waals surface area contributed by atoms with Gasteiger partial charge in [0.05, 0.1) is 17.1 Å². The Morgan fingerprint density at radius 1 is 1.29 bits per heavy atom. The molecule has 2 rings (SSSR count). The van der Waals surface area contributed by atoms with E-state index >= 15 is 0 Å². The molecule has 0 saturated carbocycles. The van der Waals surface area contributed by atoms with E-state index in [0.717, 1.165) is 0 Å². The first kappa shape index (κ1) is 15.6. The van der Waals surface area contributed by atoms with E-state index < -0.39 is 9.84 Å². The number of nitrogens with two attached hydrogens (primary N) is 1. The summed E-state index contributed by atoms with van der Waals surface area (Å²) in [6, 6.07) is 5.15. The molecule has 116 valence electrons. The van der Waals surface area contributed by atoms with Crippen LogP contribution < -0.4 is 11.1 Å². The van der Waals surface area contributed by atoms with Crippen LogP contribution in [0.1, 0.15) is 23.2 Å². The molecular formula is C14H21N3O3S. The van der Waals surface area contributed by atoms with Gasteiger partial charge in [-0.1, -0.05) is 0 Å². The Kier molecular flexibility index (Phi) is 4.41. The zero-order chi connectivity index (χ0) is 15.6. The molecule has 0 aliphatic carbocycles. The van der Waals surface area contributed by atoms with E-state index in [0.29, 0.717) is 29.8 Å². The van der Waals surface area contributed by atoms with Gasteiger partial charge in [-0.3, -0.25) is 4.79 Å². The Morgan fingerprint density at radius 3 is 2.48 bits per heavy atom. The largest absolute Gasteiger partial charge is 0.399 e. The van der Waals surface area contributed by atoms with Crippen molar-refractivity contribution >= 4 is 27.1 Å². The lowest BCUT2D eigenvalue weighted by molar-refractivity contribution is 0.0828. The number of hydrogen-bond acceptors (Lipinski definition) is 5. The summed E-state index contributed by atoms with van der Waals surface area (Å²) in [4.78, 5) is 13.7. The molecule has 0 aromatic heterocycles. The number of rotatable bonds is 3. The molecule has 7 heteroatoms. The second-order valence-corrected chi connectivity index (χ2v) is 7.88. The molecule has 0 spiro atoms. The number of nitrogens with zero attached hydrogens (tertiary/aromatic N) is 1. The van der Waals surface area contributed by atoms with Crippen LogP contribution in [0.5, 0.6) is 0 Å². The van der Waals surface area contributed by atoms with Gasteiger partial charge in [0.2, 0.25) is 0 Å². The number of amides is 1. The van der Waals surface area contributed by atoms with Crippen LogP contribution in [0.3, 0.4) is 0 Å². The van der Waals surface area contributed by atoms with Gasteiger partial charge in [-0.2, -0.15) is 0 Å². The zero-order valence-corrected chi connectivity index (χ0v) is 13.1. The minimum atomic E-state index is -2.90. The highest BCUT2D eigenvalue weighted by atomic mass is 32.2. The van der Waals surface area contributed by atoms with Crippen LogP contribution in [-0.2, 0) is 9.84 Å². The highest BCUT2D eigenvalue weighted by Crippen LogP contribution is 2.24. The summed E-state index contributed by atoms with van der Waals surface area (Å²) in [5.74, 6) is 0.259. The topological polar surface area (TPSA) is 92.5 Å². The molecule has 1 aliphatic rings. The van der Waals surface area contributed by atoms with Crippen LogP contribution in [0.15, 0.2) is 18.2 Å². The van der Waals surface area contributed by atoms with Crippen molar-refractivity contribution in [1.29, 1.82) is 0 Å². The van der Waals surface area contributed by atoms with Gasteiger partial charge in [0.15, 0.2) is 0 Å². The first-order valence-electron chi connectivity index (χ1n) is 6.86. The average Bonchev–Trinajstić information content (AvgIpc) is 2.40. The van der Waals surface area contributed by atoms with Gasteiger partial charge in [-0.05, 0) is 31.0 Å². The lowest BCUT2D eigenvalue weighted by atomic mass is 10.1. The van der Waals surface area contributed by atoms with E-state index in [-0.39, 0.29) is 23.5 Å². The number of sulfone groups is 1. The number of nitrogen functional groups attached to an aromatic ring is 1. The standard InChI is InChI=1S/C14H21N3O3S/c1-17(2)14(18)12-4-3-10(15)9-13(12)16-11-5-7-21(19,20)8-6-11/h3-4,9,11,16H,5-8,15H2,1-2H3. The maximum atomic E-state index is 12.2. The SMILES string of the molecule is CN(C)C(=O)c1ccc(N)cc1NC1CCS(=O)(=O)CC1. The maximum Gasteiger partial charge on any atom is 0.255 e. The molecule has 1 heterocycles. The van der Waals surface area contributed by atoms with Crippen LogP contribution in [0.4, 0.5) is 11.4 Å². The van der Waals surface area contributed by atoms with Gasteiger partial charge < -0.3 is 16.0 Å². The molecule has 1 aromatic carbocycles. The summed E-state index contributed by atoms with van der Waals surface area (Å²) < 4.78 is 22.9. The fraction of sp³-hybridized carbons (Fsp3) is 0.500. The normalized spacial score (nSPS) is 18.2. The quantitative estimate of drug-likeness (QED) is 0.811. The predicted molar refractivity (Wildman–Crippen MR) is 84.2 cm³/mol. The number of nitrogens with one attached hydrogen (secondary N) is 1. The fourth-order valence-corrected chi connectivity index (χ4v) is 3.85. The predicted octanol–water partition coefficient (Wildman–Crippen LogP) is 0.960. The van der Waals surface area contributed by atoms with Crippen LogP contribution in [0.2, 0.25) is 0 Å². The van der Waals surface area contributed by atoms with E-state index in [9.17, 15) is 13.2 Å². The summed E-state index contributed by atoms with van der Waals surface area (Å²) in [7, 11) is 0.484. The molecule has 1 fully saturated rings. The monoisotopic (exact) mass is 311 g/mol. The summed E-state index contributed by atoms with van der Waals surface area (Å²) in [6.07, 6.45) is 1.10. The molecule has 0 bridgehead atoms. The fourth-order valence-electron chi connectivity index (χ4n) is 2.36. The third-order valence-electron chi connectivity index (χ3n) is 3.59. The summed E-state index contributed by atoms with van der Waals surface area (Å²) >= 11 is 0. The van der Waals surface area contributed by atoms with Crippen molar-refractivity contribution in [2.45, 2.75) is 18.9 Å². The Bertz CT molecular complexity index is 627. The molecule has 0 radical (unpaired) electrons. The van der Waals surface area contributed by atoms with E-state index in [1.807, 2.05) is 0 Å². The lowest BCUT2D eigenvalue weighted by Gasteiger charge is -2.25. The number of carbonyl (C=O) groups excluding carboxylic acids is 1. The third-order valence-corrected chi connectivity index (χ3v) is 5.31. The van der Waals surface area contributed by atoms with Crippen molar-refractivity contribution in [3.05, 3.63) is 23.8 Å². The van der Waals surface area contributed by atoms with Crippen LogP contribution in [0, 0.1) is 0 Å². The van der Waals surface area contributed by atoms with Gasteiger partial charge in [-0.25, -0.2) is 8.42 Å². The molecule has 21 heavy (non-hydrogen) atoms. The van der Waals surface area contributed by atoms with E-state index in [1.165, 1.54) is 4.90 Å². The van der Waals surface area contributed by atoms with Crippen molar-refractivity contribution in [1.82, 2.24) is 4.90 Å². The van der Waals surface area contributed by atoms with E-state index in [2.05, 4.69) is 5.32 Å². The highest BCUT2D eigenvalue weighted by Gasteiger charge is 2.24. The molecule has 1 amide bonds. The summed E-state index contributed by atoms with van der Waals surface area (Å²) in [6.45, 7) is 0. The van der Waals surface area contributed by atoms with Gasteiger partial charge in [0.1, 0.15) is 9.84 Å². The molecule has 6 nitrogen and oxygen atoms in total. The number of carbonyl (C=O) groups is 1. The van der Waals surface area contributed by atoms with Gasteiger partial charge in [-0.15, -0.1) is 0 Å². The van der Waals surface area contributed by atoms with Crippen molar-refractivity contribution in [3.63, 3.8) is 0 Å². The smallest absolute Gasteiger partial charge is 0.255 e.